The fourth-order valence-corrected chi connectivity index (χ4v) is 3.17. The van der Waals surface area contributed by atoms with Gasteiger partial charge >= 0.3 is 11.9 Å². The Morgan fingerprint density at radius 3 is 2.17 bits per heavy atom. The van der Waals surface area contributed by atoms with E-state index in [4.69, 9.17) is 14.0 Å². The zero-order chi connectivity index (χ0) is 21.1. The molecule has 0 aliphatic heterocycles. The van der Waals surface area contributed by atoms with Crippen LogP contribution < -0.4 is 5.32 Å². The van der Waals surface area contributed by atoms with Crippen molar-refractivity contribution < 1.29 is 28.4 Å². The van der Waals surface area contributed by atoms with E-state index in [9.17, 15) is 14.4 Å². The molecule has 8 heteroatoms. The van der Waals surface area contributed by atoms with Gasteiger partial charge in [0.15, 0.2) is 5.58 Å². The van der Waals surface area contributed by atoms with Gasteiger partial charge in [0.05, 0.1) is 31.8 Å². The molecule has 2 aromatic carbocycles. The zero-order valence-electron chi connectivity index (χ0n) is 16.5. The molecule has 0 spiro atoms. The van der Waals surface area contributed by atoms with Crippen molar-refractivity contribution in [2.75, 3.05) is 19.5 Å². The van der Waals surface area contributed by atoms with E-state index in [1.54, 1.807) is 0 Å². The third-order valence-electron chi connectivity index (χ3n) is 4.37. The Balaban J connectivity index is 1.87. The Kier molecular flexibility index (Phi) is 5.63. The molecule has 0 bridgehead atoms. The van der Waals surface area contributed by atoms with Gasteiger partial charge in [-0.25, -0.2) is 9.59 Å². The third-order valence-corrected chi connectivity index (χ3v) is 4.37. The number of hydrogen-bond donors (Lipinski definition) is 1. The molecule has 0 atom stereocenters. The molecule has 0 radical (unpaired) electrons. The first-order valence-electron chi connectivity index (χ1n) is 8.79. The Morgan fingerprint density at radius 2 is 1.59 bits per heavy atom. The van der Waals surface area contributed by atoms with E-state index < -0.39 is 11.9 Å². The molecule has 8 nitrogen and oxygen atoms in total. The monoisotopic (exact) mass is 396 g/mol. The number of rotatable bonds is 5. The van der Waals surface area contributed by atoms with Gasteiger partial charge in [0.25, 0.3) is 0 Å². The average molecular weight is 396 g/mol. The fraction of sp³-hybridized carbons (Fsp3) is 0.238. The summed E-state index contributed by atoms with van der Waals surface area (Å²) in [6.07, 6.45) is -0.0348. The van der Waals surface area contributed by atoms with Crippen molar-refractivity contribution >= 4 is 34.5 Å². The van der Waals surface area contributed by atoms with E-state index in [1.807, 2.05) is 26.0 Å². The number of ether oxygens (including phenoxy) is 2. The molecular weight excluding hydrogens is 376 g/mol. The van der Waals surface area contributed by atoms with Crippen LogP contribution in [-0.4, -0.2) is 37.2 Å². The highest BCUT2D eigenvalue weighted by Gasteiger charge is 2.18. The van der Waals surface area contributed by atoms with Gasteiger partial charge in [-0.05, 0) is 49.2 Å². The summed E-state index contributed by atoms with van der Waals surface area (Å²) < 4.78 is 14.7. The number of nitrogens with zero attached hydrogens (tertiary/aromatic N) is 1. The number of aryl methyl sites for hydroxylation is 2. The number of aromatic nitrogens is 1. The summed E-state index contributed by atoms with van der Waals surface area (Å²) in [4.78, 5) is 36.3. The smallest absolute Gasteiger partial charge is 0.337 e. The van der Waals surface area contributed by atoms with Gasteiger partial charge in [-0.1, -0.05) is 11.2 Å². The first-order chi connectivity index (χ1) is 13.8. The van der Waals surface area contributed by atoms with Gasteiger partial charge in [0, 0.05) is 11.1 Å². The second-order valence-electron chi connectivity index (χ2n) is 6.59. The highest BCUT2D eigenvalue weighted by Crippen LogP contribution is 2.25. The molecule has 0 aliphatic carbocycles. The summed E-state index contributed by atoms with van der Waals surface area (Å²) in [6.45, 7) is 3.88. The van der Waals surface area contributed by atoms with Gasteiger partial charge in [0.2, 0.25) is 5.91 Å². The van der Waals surface area contributed by atoms with Crippen molar-refractivity contribution in [3.63, 3.8) is 0 Å². The minimum atomic E-state index is -0.639. The first kappa shape index (κ1) is 20.1. The van der Waals surface area contributed by atoms with Crippen LogP contribution in [0.15, 0.2) is 34.9 Å². The minimum Gasteiger partial charge on any atom is -0.465 e. The standard InChI is InChI=1S/C21H20N2O6/c1-11-5-12(2)19-16(23-29-17(19)6-11)10-18(24)22-15-8-13(20(25)27-3)7-14(9-15)21(26)28-4/h5-9H,10H2,1-4H3,(H,22,24). The van der Waals surface area contributed by atoms with Crippen LogP contribution in [0.3, 0.4) is 0 Å². The number of hydrogen-bond acceptors (Lipinski definition) is 7. The zero-order valence-corrected chi connectivity index (χ0v) is 16.5. The van der Waals surface area contributed by atoms with Crippen molar-refractivity contribution in [2.24, 2.45) is 0 Å². The van der Waals surface area contributed by atoms with Crippen LogP contribution >= 0.6 is 0 Å². The van der Waals surface area contributed by atoms with Crippen LogP contribution in [0, 0.1) is 13.8 Å². The molecule has 3 rings (SSSR count). The number of benzene rings is 2. The Hall–Kier alpha value is -3.68. The number of esters is 2. The topological polar surface area (TPSA) is 108 Å². The number of carbonyl (C=O) groups is 3. The van der Waals surface area contributed by atoms with E-state index in [2.05, 4.69) is 10.5 Å². The number of nitrogens with one attached hydrogen (secondary N) is 1. The lowest BCUT2D eigenvalue weighted by Gasteiger charge is -2.09. The van der Waals surface area contributed by atoms with Crippen LogP contribution in [0.4, 0.5) is 5.69 Å². The molecule has 150 valence electrons. The lowest BCUT2D eigenvalue weighted by atomic mass is 10.0. The minimum absolute atomic E-state index is 0.0348. The number of carbonyl (C=O) groups excluding carboxylic acids is 3. The summed E-state index contributed by atoms with van der Waals surface area (Å²) in [6, 6.07) is 8.03. The molecular formula is C21H20N2O6. The van der Waals surface area contributed by atoms with Gasteiger partial charge in [0.1, 0.15) is 5.69 Å². The molecule has 0 fully saturated rings. The van der Waals surface area contributed by atoms with E-state index in [-0.39, 0.29) is 29.1 Å². The number of fused-ring (bicyclic) bond motifs is 1. The molecule has 0 aliphatic rings. The second-order valence-corrected chi connectivity index (χ2v) is 6.59. The molecule has 0 unspecified atom stereocenters. The average Bonchev–Trinajstić information content (AvgIpc) is 3.08. The maximum atomic E-state index is 12.6. The first-order valence-corrected chi connectivity index (χ1v) is 8.79. The molecule has 29 heavy (non-hydrogen) atoms. The number of amides is 1. The summed E-state index contributed by atoms with van der Waals surface area (Å²) in [5.41, 5.74) is 3.62. The van der Waals surface area contributed by atoms with Crippen LogP contribution in [0.5, 0.6) is 0 Å². The van der Waals surface area contributed by atoms with Gasteiger partial charge in [-0.3, -0.25) is 4.79 Å². The number of methoxy groups -OCH3 is 2. The van der Waals surface area contributed by atoms with Crippen molar-refractivity contribution in [2.45, 2.75) is 20.3 Å². The predicted octanol–water partition coefficient (Wildman–Crippen LogP) is 3.20. The molecule has 0 saturated carbocycles. The highest BCUT2D eigenvalue weighted by atomic mass is 16.5. The molecule has 1 aromatic heterocycles. The van der Waals surface area contributed by atoms with Gasteiger partial charge < -0.3 is 19.3 Å². The van der Waals surface area contributed by atoms with Crippen LogP contribution in [0.1, 0.15) is 37.5 Å². The molecule has 1 heterocycles. The van der Waals surface area contributed by atoms with E-state index in [0.29, 0.717) is 11.3 Å². The lowest BCUT2D eigenvalue weighted by molar-refractivity contribution is -0.115. The predicted molar refractivity (Wildman–Crippen MR) is 105 cm³/mol. The van der Waals surface area contributed by atoms with Crippen LogP contribution in [0.25, 0.3) is 11.0 Å². The van der Waals surface area contributed by atoms with E-state index >= 15 is 0 Å². The quantitative estimate of drug-likeness (QED) is 0.660. The van der Waals surface area contributed by atoms with E-state index in [1.165, 1.54) is 32.4 Å². The van der Waals surface area contributed by atoms with Crippen molar-refractivity contribution in [3.05, 3.63) is 58.3 Å². The maximum absolute atomic E-state index is 12.6. The van der Waals surface area contributed by atoms with Gasteiger partial charge in [-0.15, -0.1) is 0 Å². The maximum Gasteiger partial charge on any atom is 0.337 e. The second kappa shape index (κ2) is 8.14. The summed E-state index contributed by atoms with van der Waals surface area (Å²) in [7, 11) is 2.45. The highest BCUT2D eigenvalue weighted by molar-refractivity contribution is 6.00. The summed E-state index contributed by atoms with van der Waals surface area (Å²) in [5, 5.41) is 7.49. The fourth-order valence-electron chi connectivity index (χ4n) is 3.17. The third kappa shape index (κ3) is 4.26. The summed E-state index contributed by atoms with van der Waals surface area (Å²) in [5.74, 6) is -1.66. The van der Waals surface area contributed by atoms with Crippen LogP contribution in [-0.2, 0) is 20.7 Å². The number of anilines is 1. The van der Waals surface area contributed by atoms with E-state index in [0.717, 1.165) is 16.5 Å². The lowest BCUT2D eigenvalue weighted by Crippen LogP contribution is -2.16. The van der Waals surface area contributed by atoms with Crippen LogP contribution in [0.2, 0.25) is 0 Å². The Bertz CT molecular complexity index is 1080. The van der Waals surface area contributed by atoms with Gasteiger partial charge in [-0.2, -0.15) is 0 Å². The largest absolute Gasteiger partial charge is 0.465 e. The molecule has 1 N–H and O–H groups in total. The molecule has 3 aromatic rings. The summed E-state index contributed by atoms with van der Waals surface area (Å²) >= 11 is 0. The SMILES string of the molecule is COC(=O)c1cc(NC(=O)Cc2noc3cc(C)cc(C)c23)cc(C(=O)OC)c1. The van der Waals surface area contributed by atoms with Crippen molar-refractivity contribution in [3.8, 4) is 0 Å². The normalized spacial score (nSPS) is 10.6. The molecule has 0 saturated heterocycles. The Morgan fingerprint density at radius 1 is 0.966 bits per heavy atom. The Labute approximate surface area is 166 Å². The van der Waals surface area contributed by atoms with Crippen molar-refractivity contribution in [1.82, 2.24) is 5.16 Å². The molecule has 1 amide bonds. The van der Waals surface area contributed by atoms with Crippen molar-refractivity contribution in [1.29, 1.82) is 0 Å².